The first-order valence-corrected chi connectivity index (χ1v) is 9.05. The van der Waals surface area contributed by atoms with Crippen molar-refractivity contribution in [3.63, 3.8) is 0 Å². The Morgan fingerprint density at radius 3 is 2.92 bits per heavy atom. The lowest BCUT2D eigenvalue weighted by Crippen LogP contribution is -2.49. The topological polar surface area (TPSA) is 59.2 Å². The van der Waals surface area contributed by atoms with E-state index < -0.39 is 0 Å². The summed E-state index contributed by atoms with van der Waals surface area (Å²) in [6.45, 7) is 7.56. The molecular formula is C19H27N3O2. The molecule has 2 aliphatic heterocycles. The molecule has 2 N–H and O–H groups in total. The molecule has 1 spiro atoms. The van der Waals surface area contributed by atoms with Crippen LogP contribution in [0.4, 0.5) is 0 Å². The molecule has 1 atom stereocenters. The van der Waals surface area contributed by atoms with E-state index in [2.05, 4.69) is 36.3 Å². The molecule has 2 fully saturated rings. The molecule has 0 aliphatic carbocycles. The Labute approximate surface area is 143 Å². The molecule has 2 saturated heterocycles. The number of hydrogen-bond donors (Lipinski definition) is 2. The highest BCUT2D eigenvalue weighted by atomic mass is 16.5. The second-order valence-electron chi connectivity index (χ2n) is 7.30. The van der Waals surface area contributed by atoms with E-state index in [9.17, 15) is 0 Å². The molecular weight excluding hydrogens is 302 g/mol. The number of nitrogens with zero attached hydrogens (tertiary/aromatic N) is 1. The average molecular weight is 329 g/mol. The first-order chi connectivity index (χ1) is 11.7. The highest BCUT2D eigenvalue weighted by Crippen LogP contribution is 2.34. The average Bonchev–Trinajstić information content (AvgIpc) is 3.01. The summed E-state index contributed by atoms with van der Waals surface area (Å²) in [4.78, 5) is 8.24. The van der Waals surface area contributed by atoms with Crippen molar-refractivity contribution in [3.8, 4) is 0 Å². The van der Waals surface area contributed by atoms with Crippen molar-refractivity contribution in [2.24, 2.45) is 0 Å². The molecule has 4 rings (SSSR count). The number of H-pyrrole nitrogens is 1. The van der Waals surface area contributed by atoms with E-state index in [1.807, 2.05) is 0 Å². The molecule has 24 heavy (non-hydrogen) atoms. The fourth-order valence-electron chi connectivity index (χ4n) is 3.98. The standard InChI is InChI=1S/C19H27N3O2/c1-13-3-4-16-18(14(13)2)22-17(21-16)12-20-15-5-8-24-19(11-15)6-9-23-10-7-19/h3-4,15,20H,5-12H2,1-2H3,(H,21,22)/t15-/m0/s1. The maximum Gasteiger partial charge on any atom is 0.121 e. The molecule has 0 amide bonds. The third-order valence-electron chi connectivity index (χ3n) is 5.68. The number of rotatable bonds is 3. The van der Waals surface area contributed by atoms with Gasteiger partial charge in [0.2, 0.25) is 0 Å². The van der Waals surface area contributed by atoms with Crippen molar-refractivity contribution in [2.45, 2.75) is 57.7 Å². The first-order valence-electron chi connectivity index (χ1n) is 9.05. The number of ether oxygens (including phenoxy) is 2. The molecule has 3 heterocycles. The molecule has 5 heteroatoms. The lowest BCUT2D eigenvalue weighted by molar-refractivity contribution is -0.140. The summed E-state index contributed by atoms with van der Waals surface area (Å²) in [6, 6.07) is 4.77. The van der Waals surface area contributed by atoms with E-state index >= 15 is 0 Å². The zero-order valence-corrected chi connectivity index (χ0v) is 14.7. The summed E-state index contributed by atoms with van der Waals surface area (Å²) in [7, 11) is 0. The molecule has 5 nitrogen and oxygen atoms in total. The molecule has 0 saturated carbocycles. The van der Waals surface area contributed by atoms with Crippen molar-refractivity contribution in [3.05, 3.63) is 29.1 Å². The number of aromatic amines is 1. The van der Waals surface area contributed by atoms with Crippen molar-refractivity contribution in [2.75, 3.05) is 19.8 Å². The lowest BCUT2D eigenvalue weighted by Gasteiger charge is -2.43. The number of aromatic nitrogens is 2. The summed E-state index contributed by atoms with van der Waals surface area (Å²) < 4.78 is 11.6. The molecule has 1 aromatic carbocycles. The van der Waals surface area contributed by atoms with Gasteiger partial charge in [-0.1, -0.05) is 6.07 Å². The van der Waals surface area contributed by atoms with Gasteiger partial charge in [-0.25, -0.2) is 4.98 Å². The quantitative estimate of drug-likeness (QED) is 0.909. The van der Waals surface area contributed by atoms with Gasteiger partial charge in [0.15, 0.2) is 0 Å². The zero-order chi connectivity index (χ0) is 16.6. The highest BCUT2D eigenvalue weighted by Gasteiger charge is 2.38. The van der Waals surface area contributed by atoms with Gasteiger partial charge in [-0.2, -0.15) is 0 Å². The number of nitrogens with one attached hydrogen (secondary N) is 2. The summed E-state index contributed by atoms with van der Waals surface area (Å²) in [5.74, 6) is 1.02. The molecule has 0 bridgehead atoms. The number of imidazole rings is 1. The van der Waals surface area contributed by atoms with E-state index in [0.717, 1.165) is 68.9 Å². The van der Waals surface area contributed by atoms with Crippen molar-refractivity contribution in [1.29, 1.82) is 0 Å². The van der Waals surface area contributed by atoms with E-state index in [1.165, 1.54) is 11.1 Å². The Hall–Kier alpha value is -1.43. The monoisotopic (exact) mass is 329 g/mol. The minimum atomic E-state index is 0.0374. The molecule has 130 valence electrons. The van der Waals surface area contributed by atoms with Crippen LogP contribution in [0, 0.1) is 13.8 Å². The second kappa shape index (κ2) is 6.47. The Bertz CT molecular complexity index is 713. The van der Waals surface area contributed by atoms with E-state index in [0.29, 0.717) is 6.04 Å². The predicted octanol–water partition coefficient (Wildman–Crippen LogP) is 3.00. The van der Waals surface area contributed by atoms with Gasteiger partial charge in [0.25, 0.3) is 0 Å². The highest BCUT2D eigenvalue weighted by molar-refractivity contribution is 5.79. The Morgan fingerprint density at radius 1 is 1.25 bits per heavy atom. The van der Waals surface area contributed by atoms with Gasteiger partial charge in [-0.3, -0.25) is 0 Å². The number of benzene rings is 1. The van der Waals surface area contributed by atoms with Crippen molar-refractivity contribution in [1.82, 2.24) is 15.3 Å². The fraction of sp³-hybridized carbons (Fsp3) is 0.632. The van der Waals surface area contributed by atoms with Gasteiger partial charge in [0.05, 0.1) is 23.2 Å². The normalized spacial score (nSPS) is 23.8. The van der Waals surface area contributed by atoms with Gasteiger partial charge in [-0.15, -0.1) is 0 Å². The Kier molecular flexibility index (Phi) is 4.33. The Morgan fingerprint density at radius 2 is 2.08 bits per heavy atom. The van der Waals surface area contributed by atoms with E-state index in [-0.39, 0.29) is 5.60 Å². The summed E-state index contributed by atoms with van der Waals surface area (Å²) >= 11 is 0. The van der Waals surface area contributed by atoms with E-state index in [4.69, 9.17) is 14.5 Å². The van der Waals surface area contributed by atoms with Crippen LogP contribution in [-0.4, -0.2) is 41.4 Å². The van der Waals surface area contributed by atoms with Gasteiger partial charge >= 0.3 is 0 Å². The van der Waals surface area contributed by atoms with Gasteiger partial charge in [-0.05, 0) is 56.7 Å². The summed E-state index contributed by atoms with van der Waals surface area (Å²) in [6.07, 6.45) is 4.19. The smallest absolute Gasteiger partial charge is 0.121 e. The lowest BCUT2D eigenvalue weighted by atomic mass is 9.84. The molecule has 0 unspecified atom stereocenters. The number of hydrogen-bond acceptors (Lipinski definition) is 4. The van der Waals surface area contributed by atoms with Crippen LogP contribution in [0.1, 0.15) is 42.6 Å². The Balaban J connectivity index is 1.42. The first kappa shape index (κ1) is 16.1. The van der Waals surface area contributed by atoms with Crippen LogP contribution in [0.15, 0.2) is 12.1 Å². The summed E-state index contributed by atoms with van der Waals surface area (Å²) in [5.41, 5.74) is 4.82. The second-order valence-corrected chi connectivity index (χ2v) is 7.30. The van der Waals surface area contributed by atoms with E-state index in [1.54, 1.807) is 0 Å². The van der Waals surface area contributed by atoms with Crippen LogP contribution < -0.4 is 5.32 Å². The van der Waals surface area contributed by atoms with Crippen LogP contribution in [0.2, 0.25) is 0 Å². The molecule has 0 radical (unpaired) electrons. The van der Waals surface area contributed by atoms with Crippen LogP contribution in [0.25, 0.3) is 11.0 Å². The maximum atomic E-state index is 6.12. The largest absolute Gasteiger partial charge is 0.381 e. The van der Waals surface area contributed by atoms with Crippen molar-refractivity contribution >= 4 is 11.0 Å². The third kappa shape index (κ3) is 3.08. The minimum Gasteiger partial charge on any atom is -0.381 e. The van der Waals surface area contributed by atoms with Crippen molar-refractivity contribution < 1.29 is 9.47 Å². The zero-order valence-electron chi connectivity index (χ0n) is 14.7. The molecule has 2 aliphatic rings. The van der Waals surface area contributed by atoms with Gasteiger partial charge in [0, 0.05) is 25.9 Å². The number of aryl methyl sites for hydroxylation is 2. The molecule has 2 aromatic rings. The summed E-state index contributed by atoms with van der Waals surface area (Å²) in [5, 5.41) is 3.69. The third-order valence-corrected chi connectivity index (χ3v) is 5.68. The predicted molar refractivity (Wildman–Crippen MR) is 94.2 cm³/mol. The maximum absolute atomic E-state index is 6.12. The minimum absolute atomic E-state index is 0.0374. The van der Waals surface area contributed by atoms with Crippen LogP contribution in [0.3, 0.4) is 0 Å². The number of fused-ring (bicyclic) bond motifs is 1. The molecule has 1 aromatic heterocycles. The van der Waals surface area contributed by atoms with Gasteiger partial charge < -0.3 is 19.8 Å². The van der Waals surface area contributed by atoms with Crippen LogP contribution >= 0.6 is 0 Å². The fourth-order valence-corrected chi connectivity index (χ4v) is 3.98. The van der Waals surface area contributed by atoms with Gasteiger partial charge in [0.1, 0.15) is 5.82 Å². The van der Waals surface area contributed by atoms with Crippen LogP contribution in [0.5, 0.6) is 0 Å². The SMILES string of the molecule is Cc1ccc2[nH]c(CN[C@H]3CCOC4(CCOCC4)C3)nc2c1C. The van der Waals surface area contributed by atoms with Crippen LogP contribution in [-0.2, 0) is 16.0 Å².